The van der Waals surface area contributed by atoms with Crippen LogP contribution < -0.4 is 21.3 Å². The predicted octanol–water partition coefficient (Wildman–Crippen LogP) is 10.2. The summed E-state index contributed by atoms with van der Waals surface area (Å²) in [5, 5.41) is 31.0. The molecular formula is C41H44N8OS2. The number of fused-ring (bicyclic) bond motifs is 2. The van der Waals surface area contributed by atoms with Gasteiger partial charge in [0.1, 0.15) is 11.7 Å². The molecule has 6 aromatic rings. The third-order valence-corrected chi connectivity index (χ3v) is 10.9. The first-order valence-electron chi connectivity index (χ1n) is 17.7. The van der Waals surface area contributed by atoms with Gasteiger partial charge >= 0.3 is 0 Å². The van der Waals surface area contributed by atoms with Gasteiger partial charge in [0, 0.05) is 35.6 Å². The number of benzene rings is 4. The molecule has 0 aliphatic carbocycles. The Morgan fingerprint density at radius 1 is 0.827 bits per heavy atom. The number of nitrogens with one attached hydrogen (secondary N) is 6. The number of amidine groups is 2. The number of unbranched alkanes of at least 4 members (excludes halogenated alkanes) is 3. The zero-order chi connectivity index (χ0) is 36.5. The second kappa shape index (κ2) is 17.2. The van der Waals surface area contributed by atoms with Gasteiger partial charge in [-0.25, -0.2) is 9.97 Å². The number of carbonyl (C=O) groups excluding carboxylic acids is 1. The third kappa shape index (κ3) is 9.09. The average molecular weight is 729 g/mol. The lowest BCUT2D eigenvalue weighted by Gasteiger charge is -2.12. The Hall–Kier alpha value is -5.39. The highest BCUT2D eigenvalue weighted by atomic mass is 32.1. The van der Waals surface area contributed by atoms with Crippen molar-refractivity contribution in [3.05, 3.63) is 114 Å². The lowest BCUT2D eigenvalue weighted by Crippen LogP contribution is -2.21. The molecule has 0 saturated carbocycles. The van der Waals surface area contributed by atoms with Gasteiger partial charge in [-0.05, 0) is 104 Å². The molecule has 6 rings (SSSR count). The summed E-state index contributed by atoms with van der Waals surface area (Å²) in [5.74, 6) is 0.379. The number of nitrogens with zero attached hydrogens (tertiary/aromatic N) is 2. The van der Waals surface area contributed by atoms with Crippen molar-refractivity contribution in [3.63, 3.8) is 0 Å². The van der Waals surface area contributed by atoms with E-state index in [4.69, 9.17) is 20.8 Å². The molecule has 6 N–H and O–H groups in total. The maximum absolute atomic E-state index is 13.5. The van der Waals surface area contributed by atoms with Gasteiger partial charge in [-0.15, -0.1) is 22.7 Å². The molecule has 266 valence electrons. The fraction of sp³-hybridized carbons (Fsp3) is 0.244. The Morgan fingerprint density at radius 3 is 2.31 bits per heavy atom. The Kier molecular flexibility index (Phi) is 12.1. The van der Waals surface area contributed by atoms with Gasteiger partial charge in [0.05, 0.1) is 26.1 Å². The van der Waals surface area contributed by atoms with Crippen molar-refractivity contribution < 1.29 is 4.79 Å². The quantitative estimate of drug-likeness (QED) is 0.0333. The molecule has 1 amide bonds. The highest BCUT2D eigenvalue weighted by Crippen LogP contribution is 2.40. The van der Waals surface area contributed by atoms with Crippen molar-refractivity contribution in [2.24, 2.45) is 0 Å². The van der Waals surface area contributed by atoms with Crippen molar-refractivity contribution in [2.45, 2.75) is 52.4 Å². The number of amides is 1. The molecule has 0 spiro atoms. The minimum Gasteiger partial charge on any atom is -0.385 e. The molecule has 0 radical (unpaired) electrons. The average Bonchev–Trinajstić information content (AvgIpc) is 3.79. The van der Waals surface area contributed by atoms with E-state index in [1.54, 1.807) is 11.3 Å². The van der Waals surface area contributed by atoms with E-state index in [-0.39, 0.29) is 11.7 Å². The molecule has 2 heterocycles. The molecule has 0 aliphatic heterocycles. The van der Waals surface area contributed by atoms with E-state index >= 15 is 0 Å². The number of hydrogen-bond acceptors (Lipinski definition) is 8. The molecule has 0 unspecified atom stereocenters. The van der Waals surface area contributed by atoms with Crippen molar-refractivity contribution in [2.75, 3.05) is 29.0 Å². The number of carbonyl (C=O) groups is 1. The second-order valence-corrected chi connectivity index (χ2v) is 14.7. The first-order valence-corrected chi connectivity index (χ1v) is 19.3. The van der Waals surface area contributed by atoms with Gasteiger partial charge in [0.15, 0.2) is 10.0 Å². The van der Waals surface area contributed by atoms with Crippen molar-refractivity contribution in [1.82, 2.24) is 15.3 Å². The number of aromatic nitrogens is 2. The van der Waals surface area contributed by atoms with Crippen molar-refractivity contribution in [3.8, 4) is 10.0 Å². The number of hydrogen-bond donors (Lipinski definition) is 6. The number of aryl methyl sites for hydroxylation is 2. The SMILES string of the molecule is C=CC(=N)NCCCCCCNc1ccc(C(=O)Nc2ccc(C(=N)Nc3ccc(CCC)cc3)c3nc(-c4nc5ccc(C)cc5s4)sc23)cc1. The van der Waals surface area contributed by atoms with E-state index in [1.807, 2.05) is 54.6 Å². The van der Waals surface area contributed by atoms with Crippen LogP contribution in [0.4, 0.5) is 17.1 Å². The van der Waals surface area contributed by atoms with Crippen molar-refractivity contribution in [1.29, 1.82) is 10.8 Å². The van der Waals surface area contributed by atoms with E-state index < -0.39 is 0 Å². The molecule has 2 aromatic heterocycles. The van der Waals surface area contributed by atoms with Gasteiger partial charge in [0.25, 0.3) is 5.91 Å². The predicted molar refractivity (Wildman–Crippen MR) is 221 cm³/mol. The molecule has 11 heteroatoms. The Labute approximate surface area is 312 Å². The summed E-state index contributed by atoms with van der Waals surface area (Å²) in [5.41, 5.74) is 7.63. The minimum atomic E-state index is -0.218. The van der Waals surface area contributed by atoms with Gasteiger partial charge in [0.2, 0.25) is 0 Å². The molecule has 9 nitrogen and oxygen atoms in total. The third-order valence-electron chi connectivity index (χ3n) is 8.65. The maximum Gasteiger partial charge on any atom is 0.255 e. The maximum atomic E-state index is 13.5. The Morgan fingerprint density at radius 2 is 1.56 bits per heavy atom. The summed E-state index contributed by atoms with van der Waals surface area (Å²) in [7, 11) is 0. The fourth-order valence-corrected chi connectivity index (χ4v) is 7.98. The van der Waals surface area contributed by atoms with Crippen LogP contribution in [0.25, 0.3) is 30.4 Å². The lowest BCUT2D eigenvalue weighted by atomic mass is 10.1. The van der Waals surface area contributed by atoms with E-state index in [1.165, 1.54) is 28.5 Å². The van der Waals surface area contributed by atoms with Crippen LogP contribution in [0.15, 0.2) is 91.5 Å². The molecule has 4 aromatic carbocycles. The lowest BCUT2D eigenvalue weighted by molar-refractivity contribution is 0.102. The largest absolute Gasteiger partial charge is 0.385 e. The standard InChI is InChI=1S/C41H44N8OS2/c1-4-10-27-12-16-30(17-13-27)46-38(43)31-20-22-33(37-36(31)49-41(52-37)40-48-32-21-11-26(3)25-34(32)51-40)47-39(50)28-14-18-29(19-15-28)44-23-8-6-7-9-24-45-35(42)5-2/h5,11-22,25,44H,2,4,6-10,23-24H2,1,3H3,(H2,42,45)(H2,43,46)(H,47,50). The van der Waals surface area contributed by atoms with Gasteiger partial charge in [-0.2, -0.15) is 0 Å². The van der Waals surface area contributed by atoms with Crippen LogP contribution in [-0.4, -0.2) is 40.6 Å². The normalized spacial score (nSPS) is 11.0. The van der Waals surface area contributed by atoms with Crippen molar-refractivity contribution >= 4 is 77.7 Å². The van der Waals surface area contributed by atoms with E-state index in [0.717, 1.165) is 87.9 Å². The van der Waals surface area contributed by atoms with Crippen LogP contribution in [0.3, 0.4) is 0 Å². The van der Waals surface area contributed by atoms with Crippen LogP contribution in [-0.2, 0) is 6.42 Å². The fourth-order valence-electron chi connectivity index (χ4n) is 5.84. The van der Waals surface area contributed by atoms with E-state index in [9.17, 15) is 4.79 Å². The monoisotopic (exact) mass is 728 g/mol. The first kappa shape index (κ1) is 36.4. The van der Waals surface area contributed by atoms with Crippen LogP contribution in [0.2, 0.25) is 0 Å². The molecule has 0 fully saturated rings. The number of rotatable bonds is 16. The summed E-state index contributed by atoms with van der Waals surface area (Å²) < 4.78 is 1.88. The molecule has 0 saturated heterocycles. The Balaban J connectivity index is 1.17. The molecule has 0 aliphatic rings. The highest BCUT2D eigenvalue weighted by Gasteiger charge is 2.20. The molecule has 52 heavy (non-hydrogen) atoms. The zero-order valence-electron chi connectivity index (χ0n) is 29.6. The van der Waals surface area contributed by atoms with Crippen LogP contribution in [0.1, 0.15) is 66.1 Å². The van der Waals surface area contributed by atoms with Gasteiger partial charge in [-0.3, -0.25) is 15.6 Å². The molecular weight excluding hydrogens is 685 g/mol. The topological polar surface area (TPSA) is 139 Å². The Bertz CT molecular complexity index is 2200. The zero-order valence-corrected chi connectivity index (χ0v) is 31.2. The van der Waals surface area contributed by atoms with Crippen LogP contribution in [0, 0.1) is 17.7 Å². The summed E-state index contributed by atoms with van der Waals surface area (Å²) in [6.07, 6.45) is 7.87. The molecule has 0 atom stereocenters. The number of thiazole rings is 2. The van der Waals surface area contributed by atoms with Crippen LogP contribution >= 0.6 is 22.7 Å². The highest BCUT2D eigenvalue weighted by molar-refractivity contribution is 7.28. The van der Waals surface area contributed by atoms with Gasteiger partial charge in [-0.1, -0.05) is 51.0 Å². The van der Waals surface area contributed by atoms with E-state index in [2.05, 4.69) is 66.0 Å². The number of anilines is 3. The summed E-state index contributed by atoms with van der Waals surface area (Å²) in [4.78, 5) is 23.4. The smallest absolute Gasteiger partial charge is 0.255 e. The van der Waals surface area contributed by atoms with E-state index in [0.29, 0.717) is 28.2 Å². The minimum absolute atomic E-state index is 0.218. The first-order chi connectivity index (χ1) is 25.3. The summed E-state index contributed by atoms with van der Waals surface area (Å²) in [6, 6.07) is 25.6. The molecule has 0 bridgehead atoms. The summed E-state index contributed by atoms with van der Waals surface area (Å²) in [6.45, 7) is 9.46. The summed E-state index contributed by atoms with van der Waals surface area (Å²) >= 11 is 3.07. The van der Waals surface area contributed by atoms with Gasteiger partial charge < -0.3 is 21.3 Å². The van der Waals surface area contributed by atoms with Crippen LogP contribution in [0.5, 0.6) is 0 Å². The second-order valence-electron chi connectivity index (χ2n) is 12.7.